The van der Waals surface area contributed by atoms with Crippen molar-refractivity contribution in [3.8, 4) is 5.75 Å². The van der Waals surface area contributed by atoms with E-state index in [0.717, 1.165) is 13.1 Å². The number of Topliss-reactive ketones (excluding diaryl/α,β-unsaturated/α-hetero) is 1. The average molecular weight is 292 g/mol. The molecule has 0 saturated carbocycles. The topological polar surface area (TPSA) is 81.9 Å². The van der Waals surface area contributed by atoms with Crippen LogP contribution < -0.4 is 10.5 Å². The molecule has 114 valence electrons. The highest BCUT2D eigenvalue weighted by Gasteiger charge is 2.16. The molecule has 1 heterocycles. The van der Waals surface area contributed by atoms with Gasteiger partial charge in [0.15, 0.2) is 5.78 Å². The van der Waals surface area contributed by atoms with Crippen LogP contribution in [-0.4, -0.2) is 55.5 Å². The van der Waals surface area contributed by atoms with Gasteiger partial charge in [-0.2, -0.15) is 0 Å². The summed E-state index contributed by atoms with van der Waals surface area (Å²) in [5.41, 5.74) is 6.02. The molecule has 2 rings (SSSR count). The number of carbonyl (C=O) groups is 2. The smallest absolute Gasteiger partial charge is 0.328 e. The van der Waals surface area contributed by atoms with Crippen LogP contribution >= 0.6 is 0 Å². The van der Waals surface area contributed by atoms with E-state index < -0.39 is 12.0 Å². The van der Waals surface area contributed by atoms with Crippen LogP contribution in [0.15, 0.2) is 24.3 Å². The molecule has 1 aromatic rings. The molecule has 6 heteroatoms. The van der Waals surface area contributed by atoms with Crippen molar-refractivity contribution in [2.75, 3.05) is 32.8 Å². The predicted molar refractivity (Wildman–Crippen MR) is 77.3 cm³/mol. The Morgan fingerprint density at radius 1 is 1.29 bits per heavy atom. The van der Waals surface area contributed by atoms with Gasteiger partial charge in [-0.3, -0.25) is 9.69 Å². The van der Waals surface area contributed by atoms with E-state index in [1.54, 1.807) is 31.2 Å². The Labute approximate surface area is 123 Å². The number of nitrogens with zero attached hydrogens (tertiary/aromatic N) is 1. The van der Waals surface area contributed by atoms with Crippen LogP contribution in [0, 0.1) is 0 Å². The lowest BCUT2D eigenvalue weighted by atomic mass is 10.1. The van der Waals surface area contributed by atoms with E-state index in [9.17, 15) is 9.59 Å². The third-order valence-corrected chi connectivity index (χ3v) is 3.24. The first-order chi connectivity index (χ1) is 10.1. The molecule has 1 atom stereocenters. The van der Waals surface area contributed by atoms with Crippen molar-refractivity contribution in [2.45, 2.75) is 13.0 Å². The molecule has 1 aliphatic heterocycles. The monoisotopic (exact) mass is 292 g/mol. The lowest BCUT2D eigenvalue weighted by Crippen LogP contribution is -2.39. The zero-order valence-electron chi connectivity index (χ0n) is 12.1. The van der Waals surface area contributed by atoms with Crippen LogP contribution in [-0.2, 0) is 9.53 Å². The quantitative estimate of drug-likeness (QED) is 0.482. The van der Waals surface area contributed by atoms with Gasteiger partial charge in [0.1, 0.15) is 11.8 Å². The Hall–Kier alpha value is -1.76. The number of carbonyl (C=O) groups excluding carboxylic acids is 2. The number of benzene rings is 1. The van der Waals surface area contributed by atoms with E-state index in [-0.39, 0.29) is 5.78 Å². The lowest BCUT2D eigenvalue weighted by Gasteiger charge is -2.25. The van der Waals surface area contributed by atoms with Gasteiger partial charge in [-0.05, 0) is 31.2 Å². The fourth-order valence-electron chi connectivity index (χ4n) is 1.97. The maximum atomic E-state index is 12.1. The van der Waals surface area contributed by atoms with Crippen molar-refractivity contribution in [2.24, 2.45) is 5.73 Å². The summed E-state index contributed by atoms with van der Waals surface area (Å²) in [7, 11) is 0. The normalized spacial score (nSPS) is 17.2. The second-order valence-corrected chi connectivity index (χ2v) is 5.05. The Kier molecular flexibility index (Phi) is 5.44. The van der Waals surface area contributed by atoms with Gasteiger partial charge in [0.25, 0.3) is 0 Å². The molecule has 0 radical (unpaired) electrons. The predicted octanol–water partition coefficient (Wildman–Crippen LogP) is 0.454. The second kappa shape index (κ2) is 7.31. The summed E-state index contributed by atoms with van der Waals surface area (Å²) in [6, 6.07) is 5.85. The molecule has 1 aliphatic rings. The number of hydrogen-bond acceptors (Lipinski definition) is 6. The van der Waals surface area contributed by atoms with Gasteiger partial charge < -0.3 is 15.2 Å². The first-order valence-electron chi connectivity index (χ1n) is 6.97. The van der Waals surface area contributed by atoms with Gasteiger partial charge in [-0.1, -0.05) is 0 Å². The van der Waals surface area contributed by atoms with Crippen LogP contribution in [0.5, 0.6) is 5.75 Å². The molecule has 0 aromatic heterocycles. The first-order valence-corrected chi connectivity index (χ1v) is 6.97. The Morgan fingerprint density at radius 2 is 1.90 bits per heavy atom. The number of rotatable bonds is 5. The molecule has 0 spiro atoms. The van der Waals surface area contributed by atoms with Crippen molar-refractivity contribution in [1.82, 2.24) is 4.90 Å². The molecular formula is C15H20N2O4. The summed E-state index contributed by atoms with van der Waals surface area (Å²) in [5, 5.41) is 0. The summed E-state index contributed by atoms with van der Waals surface area (Å²) >= 11 is 0. The summed E-state index contributed by atoms with van der Waals surface area (Å²) in [5.74, 6) is -0.0652. The molecule has 1 saturated heterocycles. The fourth-order valence-corrected chi connectivity index (χ4v) is 1.97. The van der Waals surface area contributed by atoms with Crippen molar-refractivity contribution >= 4 is 11.8 Å². The minimum atomic E-state index is -0.673. The van der Waals surface area contributed by atoms with Gasteiger partial charge in [-0.15, -0.1) is 0 Å². The van der Waals surface area contributed by atoms with Crippen LogP contribution in [0.1, 0.15) is 17.3 Å². The standard InChI is InChI=1S/C15H20N2O4/c1-11(16)15(19)21-13-4-2-12(3-5-13)14(18)10-17-6-8-20-9-7-17/h2-5,11H,6-10,16H2,1H3/t11-/m0/s1. The maximum Gasteiger partial charge on any atom is 0.328 e. The number of nitrogens with two attached hydrogens (primary N) is 1. The highest BCUT2D eigenvalue weighted by molar-refractivity contribution is 5.97. The van der Waals surface area contributed by atoms with Crippen molar-refractivity contribution < 1.29 is 19.1 Å². The maximum absolute atomic E-state index is 12.1. The largest absolute Gasteiger partial charge is 0.425 e. The Balaban J connectivity index is 1.91. The summed E-state index contributed by atoms with van der Waals surface area (Å²) in [6.45, 7) is 4.81. The zero-order valence-corrected chi connectivity index (χ0v) is 12.1. The van der Waals surface area contributed by atoms with E-state index in [1.807, 2.05) is 0 Å². The third-order valence-electron chi connectivity index (χ3n) is 3.24. The Morgan fingerprint density at radius 3 is 2.48 bits per heavy atom. The van der Waals surface area contributed by atoms with E-state index >= 15 is 0 Å². The van der Waals surface area contributed by atoms with Gasteiger partial charge in [0, 0.05) is 18.7 Å². The fraction of sp³-hybridized carbons (Fsp3) is 0.467. The van der Waals surface area contributed by atoms with Crippen LogP contribution in [0.4, 0.5) is 0 Å². The zero-order chi connectivity index (χ0) is 15.2. The molecule has 2 N–H and O–H groups in total. The molecule has 0 amide bonds. The number of ether oxygens (including phenoxy) is 2. The van der Waals surface area contributed by atoms with Gasteiger partial charge >= 0.3 is 5.97 Å². The first kappa shape index (κ1) is 15.6. The molecular weight excluding hydrogens is 272 g/mol. The van der Waals surface area contributed by atoms with Gasteiger partial charge in [0.2, 0.25) is 0 Å². The summed E-state index contributed by atoms with van der Waals surface area (Å²) < 4.78 is 10.3. The van der Waals surface area contributed by atoms with Crippen LogP contribution in [0.3, 0.4) is 0 Å². The molecule has 21 heavy (non-hydrogen) atoms. The highest BCUT2D eigenvalue weighted by Crippen LogP contribution is 2.14. The number of morpholine rings is 1. The molecule has 0 unspecified atom stereocenters. The highest BCUT2D eigenvalue weighted by atomic mass is 16.5. The van der Waals surface area contributed by atoms with Crippen molar-refractivity contribution in [3.05, 3.63) is 29.8 Å². The van der Waals surface area contributed by atoms with Gasteiger partial charge in [0.05, 0.1) is 19.8 Å². The molecule has 1 fully saturated rings. The SMILES string of the molecule is C[C@H](N)C(=O)Oc1ccc(C(=O)CN2CCOCC2)cc1. The van der Waals surface area contributed by atoms with E-state index in [0.29, 0.717) is 31.1 Å². The number of hydrogen-bond donors (Lipinski definition) is 1. The molecule has 0 aliphatic carbocycles. The number of esters is 1. The summed E-state index contributed by atoms with van der Waals surface area (Å²) in [4.78, 5) is 25.6. The summed E-state index contributed by atoms with van der Waals surface area (Å²) in [6.07, 6.45) is 0. The van der Waals surface area contributed by atoms with Crippen LogP contribution in [0.2, 0.25) is 0 Å². The lowest BCUT2D eigenvalue weighted by molar-refractivity contribution is -0.135. The van der Waals surface area contributed by atoms with Crippen molar-refractivity contribution in [3.63, 3.8) is 0 Å². The Bertz CT molecular complexity index is 493. The van der Waals surface area contributed by atoms with E-state index in [2.05, 4.69) is 4.90 Å². The molecule has 6 nitrogen and oxygen atoms in total. The van der Waals surface area contributed by atoms with Gasteiger partial charge in [-0.25, -0.2) is 4.79 Å². The molecule has 1 aromatic carbocycles. The van der Waals surface area contributed by atoms with Crippen LogP contribution in [0.25, 0.3) is 0 Å². The third kappa shape index (κ3) is 4.63. The minimum absolute atomic E-state index is 0.0435. The minimum Gasteiger partial charge on any atom is -0.425 e. The van der Waals surface area contributed by atoms with Crippen molar-refractivity contribution in [1.29, 1.82) is 0 Å². The van der Waals surface area contributed by atoms with E-state index in [1.165, 1.54) is 0 Å². The average Bonchev–Trinajstić information content (AvgIpc) is 2.48. The second-order valence-electron chi connectivity index (χ2n) is 5.05. The number of ketones is 1. The molecule has 0 bridgehead atoms. The van der Waals surface area contributed by atoms with E-state index in [4.69, 9.17) is 15.2 Å².